The van der Waals surface area contributed by atoms with Crippen molar-refractivity contribution in [3.63, 3.8) is 0 Å². The smallest absolute Gasteiger partial charge is 0.282 e. The molecule has 4 aromatic rings. The molecule has 0 amide bonds. The molecule has 0 aliphatic heterocycles. The normalized spacial score (nSPS) is 11.5. The highest BCUT2D eigenvalue weighted by Crippen LogP contribution is 2.21. The zero-order valence-corrected chi connectivity index (χ0v) is 13.9. The lowest BCUT2D eigenvalue weighted by molar-refractivity contribution is 0.580. The highest BCUT2D eigenvalue weighted by molar-refractivity contribution is 7.89. The first-order valence-electron chi connectivity index (χ1n) is 7.60. The Morgan fingerprint density at radius 3 is 2.28 bits per heavy atom. The van der Waals surface area contributed by atoms with E-state index in [9.17, 15) is 8.42 Å². The van der Waals surface area contributed by atoms with Crippen LogP contribution in [0.4, 0.5) is 0 Å². The second-order valence-corrected chi connectivity index (χ2v) is 7.20. The van der Waals surface area contributed by atoms with Crippen LogP contribution in [0.3, 0.4) is 0 Å². The molecule has 25 heavy (non-hydrogen) atoms. The third-order valence-electron chi connectivity index (χ3n) is 3.82. The monoisotopic (exact) mass is 350 g/mol. The van der Waals surface area contributed by atoms with Crippen LogP contribution in [0.5, 0.6) is 0 Å². The zero-order valence-electron chi connectivity index (χ0n) is 13.1. The molecule has 2 aromatic heterocycles. The second-order valence-electron chi connectivity index (χ2n) is 5.41. The lowest BCUT2D eigenvalue weighted by Crippen LogP contribution is -2.13. The van der Waals surface area contributed by atoms with Crippen molar-refractivity contribution < 1.29 is 8.42 Å². The average Bonchev–Trinajstić information content (AvgIpc) is 3.35. The van der Waals surface area contributed by atoms with Gasteiger partial charge >= 0.3 is 0 Å². The van der Waals surface area contributed by atoms with E-state index in [1.165, 1.54) is 6.20 Å². The maximum absolute atomic E-state index is 12.6. The lowest BCUT2D eigenvalue weighted by atomic mass is 10.1. The van der Waals surface area contributed by atoms with Crippen LogP contribution in [0, 0.1) is 0 Å². The average molecular weight is 350 g/mol. The molecule has 0 saturated carbocycles. The zero-order chi connectivity index (χ0) is 17.3. The molecule has 7 heteroatoms. The van der Waals surface area contributed by atoms with Gasteiger partial charge in [-0.15, -0.1) is 0 Å². The van der Waals surface area contributed by atoms with Gasteiger partial charge in [0.05, 0.1) is 16.9 Å². The molecule has 0 aliphatic rings. The van der Waals surface area contributed by atoms with Crippen LogP contribution >= 0.6 is 0 Å². The summed E-state index contributed by atoms with van der Waals surface area (Å²) in [6, 6.07) is 17.6. The molecule has 0 atom stereocenters. The summed E-state index contributed by atoms with van der Waals surface area (Å²) >= 11 is 0. The van der Waals surface area contributed by atoms with E-state index >= 15 is 0 Å². The molecule has 0 aliphatic carbocycles. The summed E-state index contributed by atoms with van der Waals surface area (Å²) in [5, 5.41) is 4.23. The molecule has 0 bridgehead atoms. The van der Waals surface area contributed by atoms with Crippen molar-refractivity contribution in [1.29, 1.82) is 0 Å². The van der Waals surface area contributed by atoms with Gasteiger partial charge in [-0.3, -0.25) is 0 Å². The molecular weight excluding hydrogens is 336 g/mol. The molecule has 0 saturated heterocycles. The van der Waals surface area contributed by atoms with Crippen LogP contribution in [0.25, 0.3) is 16.9 Å². The number of hydrogen-bond donors (Lipinski definition) is 0. The Hall–Kier alpha value is -3.19. The molecule has 0 spiro atoms. The lowest BCUT2D eigenvalue weighted by Gasteiger charge is -2.04. The number of benzene rings is 2. The first kappa shape index (κ1) is 15.3. The Labute approximate surface area is 145 Å². The summed E-state index contributed by atoms with van der Waals surface area (Å²) in [5.74, 6) is 0. The van der Waals surface area contributed by atoms with E-state index in [1.807, 2.05) is 35.0 Å². The van der Waals surface area contributed by atoms with Crippen molar-refractivity contribution in [2.24, 2.45) is 0 Å². The predicted molar refractivity (Wildman–Crippen MR) is 93.8 cm³/mol. The van der Waals surface area contributed by atoms with Crippen LogP contribution in [0.15, 0.2) is 90.5 Å². The molecular formula is C18H14N4O2S. The van der Waals surface area contributed by atoms with E-state index in [-0.39, 0.29) is 4.90 Å². The van der Waals surface area contributed by atoms with Gasteiger partial charge in [0, 0.05) is 29.8 Å². The van der Waals surface area contributed by atoms with Gasteiger partial charge in [-0.1, -0.05) is 30.3 Å². The van der Waals surface area contributed by atoms with Gasteiger partial charge in [0.2, 0.25) is 0 Å². The van der Waals surface area contributed by atoms with Crippen molar-refractivity contribution in [2.45, 2.75) is 4.90 Å². The maximum Gasteiger partial charge on any atom is 0.282 e. The van der Waals surface area contributed by atoms with Crippen molar-refractivity contribution in [3.8, 4) is 16.9 Å². The Morgan fingerprint density at radius 2 is 1.60 bits per heavy atom. The van der Waals surface area contributed by atoms with Gasteiger partial charge in [0.25, 0.3) is 10.0 Å². The third kappa shape index (κ3) is 2.85. The van der Waals surface area contributed by atoms with Crippen molar-refractivity contribution >= 4 is 10.0 Å². The van der Waals surface area contributed by atoms with Crippen molar-refractivity contribution in [2.75, 3.05) is 0 Å². The molecule has 0 radical (unpaired) electrons. The van der Waals surface area contributed by atoms with E-state index in [2.05, 4.69) is 10.1 Å². The van der Waals surface area contributed by atoms with Gasteiger partial charge in [0.15, 0.2) is 0 Å². The maximum atomic E-state index is 12.6. The predicted octanol–water partition coefficient (Wildman–Crippen LogP) is 2.97. The standard InChI is InChI=1S/C18H14N4O2S/c23-25(24,17-4-2-1-3-5-17)22-12-10-18(20-22)15-6-8-16(9-7-15)21-13-11-19-14-21/h1-14H. The number of nitrogens with zero attached hydrogens (tertiary/aromatic N) is 4. The van der Waals surface area contributed by atoms with Crippen molar-refractivity contribution in [1.82, 2.24) is 18.7 Å². The quantitative estimate of drug-likeness (QED) is 0.567. The van der Waals surface area contributed by atoms with Gasteiger partial charge in [-0.2, -0.15) is 17.6 Å². The molecule has 0 fully saturated rings. The van der Waals surface area contributed by atoms with E-state index in [0.29, 0.717) is 5.69 Å². The second kappa shape index (κ2) is 6.03. The van der Waals surface area contributed by atoms with E-state index in [0.717, 1.165) is 15.3 Å². The first-order valence-corrected chi connectivity index (χ1v) is 9.04. The molecule has 2 aromatic carbocycles. The van der Waals surface area contributed by atoms with Gasteiger partial charge < -0.3 is 4.57 Å². The summed E-state index contributed by atoms with van der Waals surface area (Å²) in [7, 11) is -3.68. The summed E-state index contributed by atoms with van der Waals surface area (Å²) in [6.45, 7) is 0. The highest BCUT2D eigenvalue weighted by atomic mass is 32.2. The molecule has 2 heterocycles. The summed E-state index contributed by atoms with van der Waals surface area (Å²) in [4.78, 5) is 4.23. The molecule has 0 N–H and O–H groups in total. The Morgan fingerprint density at radius 1 is 0.840 bits per heavy atom. The van der Waals surface area contributed by atoms with Crippen LogP contribution in [-0.2, 0) is 10.0 Å². The van der Waals surface area contributed by atoms with E-state index in [1.54, 1.807) is 48.9 Å². The topological polar surface area (TPSA) is 69.8 Å². The molecule has 124 valence electrons. The van der Waals surface area contributed by atoms with E-state index in [4.69, 9.17) is 0 Å². The number of aromatic nitrogens is 4. The van der Waals surface area contributed by atoms with Crippen molar-refractivity contribution in [3.05, 3.63) is 85.6 Å². The van der Waals surface area contributed by atoms with Crippen LogP contribution in [-0.4, -0.2) is 27.2 Å². The molecule has 4 rings (SSSR count). The van der Waals surface area contributed by atoms with Gasteiger partial charge in [-0.05, 0) is 30.3 Å². The Balaban J connectivity index is 1.66. The van der Waals surface area contributed by atoms with Crippen LogP contribution in [0.1, 0.15) is 0 Å². The Bertz CT molecular complexity index is 1080. The summed E-state index contributed by atoms with van der Waals surface area (Å²) < 4.78 is 28.0. The van der Waals surface area contributed by atoms with Crippen LogP contribution < -0.4 is 0 Å². The minimum absolute atomic E-state index is 0.208. The third-order valence-corrected chi connectivity index (χ3v) is 5.38. The largest absolute Gasteiger partial charge is 0.306 e. The minimum atomic E-state index is -3.68. The summed E-state index contributed by atoms with van der Waals surface area (Å²) in [5.41, 5.74) is 2.40. The highest BCUT2D eigenvalue weighted by Gasteiger charge is 2.17. The first-order chi connectivity index (χ1) is 12.1. The number of rotatable bonds is 4. The molecule has 0 unspecified atom stereocenters. The fraction of sp³-hybridized carbons (Fsp3) is 0. The summed E-state index contributed by atoms with van der Waals surface area (Å²) in [6.07, 6.45) is 6.75. The number of hydrogen-bond acceptors (Lipinski definition) is 4. The van der Waals surface area contributed by atoms with Crippen LogP contribution in [0.2, 0.25) is 0 Å². The van der Waals surface area contributed by atoms with Gasteiger partial charge in [-0.25, -0.2) is 4.98 Å². The number of imidazole rings is 1. The minimum Gasteiger partial charge on any atom is -0.306 e. The molecule has 6 nitrogen and oxygen atoms in total. The SMILES string of the molecule is O=S(=O)(c1ccccc1)n1ccc(-c2ccc(-n3ccnc3)cc2)n1. The van der Waals surface area contributed by atoms with Gasteiger partial charge in [0.1, 0.15) is 0 Å². The fourth-order valence-electron chi connectivity index (χ4n) is 2.51. The fourth-order valence-corrected chi connectivity index (χ4v) is 3.65. The Kier molecular flexibility index (Phi) is 3.70. The van der Waals surface area contributed by atoms with E-state index < -0.39 is 10.0 Å².